The molecule has 4 nitrogen and oxygen atoms in total. The van der Waals surface area contributed by atoms with Gasteiger partial charge in [0.25, 0.3) is 0 Å². The lowest BCUT2D eigenvalue weighted by Crippen LogP contribution is -2.47. The predicted molar refractivity (Wildman–Crippen MR) is 98.8 cm³/mol. The Kier molecular flexibility index (Phi) is 5.99. The van der Waals surface area contributed by atoms with Crippen LogP contribution in [0.15, 0.2) is 65.6 Å². The number of halogens is 2. The molecule has 2 aromatic rings. The lowest BCUT2D eigenvalue weighted by Gasteiger charge is -2.30. The van der Waals surface area contributed by atoms with Crippen LogP contribution in [0.3, 0.4) is 0 Å². The molecule has 0 aromatic heterocycles. The van der Waals surface area contributed by atoms with E-state index in [9.17, 15) is 12.6 Å². The Hall–Kier alpha value is -1.64. The minimum atomic E-state index is -5.01. The van der Waals surface area contributed by atoms with Crippen LogP contribution in [0.5, 0.6) is 0 Å². The first-order valence-corrected chi connectivity index (χ1v) is 10.5. The number of nitrogens with one attached hydrogen (secondary N) is 1. The van der Waals surface area contributed by atoms with Crippen molar-refractivity contribution in [1.29, 1.82) is 0 Å². The summed E-state index contributed by atoms with van der Waals surface area (Å²) in [6.45, 7) is 4.84. The first kappa shape index (κ1) is 20.7. The molecule has 2 aromatic carbocycles. The highest BCUT2D eigenvalue weighted by Crippen LogP contribution is 2.40. The van der Waals surface area contributed by atoms with Crippen LogP contribution < -0.4 is 4.72 Å². The van der Waals surface area contributed by atoms with E-state index in [0.29, 0.717) is 0 Å². The van der Waals surface area contributed by atoms with E-state index < -0.39 is 41.8 Å². The van der Waals surface area contributed by atoms with Crippen molar-refractivity contribution in [2.75, 3.05) is 0 Å². The maximum absolute atomic E-state index is 15.2. The molecule has 0 aliphatic carbocycles. The minimum absolute atomic E-state index is 0.0367. The highest BCUT2D eigenvalue weighted by Gasteiger charge is 2.54. The van der Waals surface area contributed by atoms with Crippen LogP contribution in [0.2, 0.25) is 0 Å². The largest absolute Gasteiger partial charge is 0.369 e. The summed E-state index contributed by atoms with van der Waals surface area (Å²) in [4.78, 5) is -0.491. The van der Waals surface area contributed by atoms with Gasteiger partial charge in [-0.15, -0.1) is 0 Å². The van der Waals surface area contributed by atoms with E-state index in [1.54, 1.807) is 32.9 Å². The Morgan fingerprint density at radius 3 is 1.85 bits per heavy atom. The van der Waals surface area contributed by atoms with Gasteiger partial charge in [-0.2, -0.15) is 8.78 Å². The molecule has 0 aliphatic heterocycles. The SMILES string of the molecule is CC(C)(C)[S@@](=O)N[C@@H](c1ccccc1)C(F)(F)S(=O)(=O)c1ccccc1. The molecule has 0 amide bonds. The normalized spacial score (nSPS) is 15.4. The van der Waals surface area contributed by atoms with E-state index in [1.165, 1.54) is 36.4 Å². The molecule has 0 unspecified atom stereocenters. The van der Waals surface area contributed by atoms with Gasteiger partial charge in [0.2, 0.25) is 9.84 Å². The molecule has 142 valence electrons. The van der Waals surface area contributed by atoms with Gasteiger partial charge in [-0.3, -0.25) is 0 Å². The Morgan fingerprint density at radius 2 is 1.38 bits per heavy atom. The Bertz CT molecular complexity index is 864. The van der Waals surface area contributed by atoms with Crippen molar-refractivity contribution in [3.63, 3.8) is 0 Å². The van der Waals surface area contributed by atoms with Crippen molar-refractivity contribution in [3.05, 3.63) is 66.2 Å². The van der Waals surface area contributed by atoms with Crippen molar-refractivity contribution in [2.45, 2.75) is 41.7 Å². The topological polar surface area (TPSA) is 63.2 Å². The fourth-order valence-electron chi connectivity index (χ4n) is 2.17. The van der Waals surface area contributed by atoms with Gasteiger partial charge in [0.05, 0.1) is 20.6 Å². The summed E-state index contributed by atoms with van der Waals surface area (Å²) in [6.07, 6.45) is 0. The van der Waals surface area contributed by atoms with Gasteiger partial charge in [0, 0.05) is 0 Å². The molecular formula is C18H21F2NO3S2. The highest BCUT2D eigenvalue weighted by molar-refractivity contribution is 7.92. The van der Waals surface area contributed by atoms with Gasteiger partial charge in [0.1, 0.15) is 6.04 Å². The molecule has 26 heavy (non-hydrogen) atoms. The molecule has 0 saturated carbocycles. The molecule has 0 radical (unpaired) electrons. The van der Waals surface area contributed by atoms with Crippen molar-refractivity contribution >= 4 is 20.8 Å². The zero-order chi connectivity index (χ0) is 19.6. The third-order valence-corrected chi connectivity index (χ3v) is 7.07. The number of benzene rings is 2. The molecule has 0 bridgehead atoms. The number of hydrogen-bond acceptors (Lipinski definition) is 3. The van der Waals surface area contributed by atoms with Crippen LogP contribution in [0.25, 0.3) is 0 Å². The summed E-state index contributed by atoms with van der Waals surface area (Å²) in [5.41, 5.74) is 0.0367. The standard InChI is InChI=1S/C18H21F2NO3S2/c1-17(2,3)25(22)21-16(14-10-6-4-7-11-14)18(19,20)26(23,24)15-12-8-5-9-13-15/h4-13,16,21H,1-3H3/t16-,25+/m0/s1. The fraction of sp³-hybridized carbons (Fsp3) is 0.333. The van der Waals surface area contributed by atoms with Gasteiger partial charge in [-0.1, -0.05) is 48.5 Å². The van der Waals surface area contributed by atoms with E-state index in [1.807, 2.05) is 0 Å². The van der Waals surface area contributed by atoms with Crippen LogP contribution in [0.4, 0.5) is 8.78 Å². The average Bonchev–Trinajstić information content (AvgIpc) is 2.59. The highest BCUT2D eigenvalue weighted by atomic mass is 32.2. The smallest absolute Gasteiger partial charge is 0.242 e. The van der Waals surface area contributed by atoms with Crippen molar-refractivity contribution < 1.29 is 21.4 Å². The summed E-state index contributed by atoms with van der Waals surface area (Å²) >= 11 is 0. The van der Waals surface area contributed by atoms with E-state index >= 15 is 8.78 Å². The van der Waals surface area contributed by atoms with Gasteiger partial charge in [-0.05, 0) is 38.5 Å². The Labute approximate surface area is 155 Å². The molecule has 0 aliphatic rings. The van der Waals surface area contributed by atoms with E-state index in [4.69, 9.17) is 0 Å². The van der Waals surface area contributed by atoms with Crippen molar-refractivity contribution in [2.24, 2.45) is 0 Å². The third kappa shape index (κ3) is 4.19. The first-order valence-electron chi connectivity index (χ1n) is 7.88. The second kappa shape index (κ2) is 7.54. The molecule has 8 heteroatoms. The molecule has 0 saturated heterocycles. The number of alkyl halides is 2. The summed E-state index contributed by atoms with van der Waals surface area (Å²) in [5.74, 6) is 0. The zero-order valence-electron chi connectivity index (χ0n) is 14.6. The van der Waals surface area contributed by atoms with Crippen LogP contribution >= 0.6 is 0 Å². The monoisotopic (exact) mass is 401 g/mol. The molecule has 0 fully saturated rings. The van der Waals surface area contributed by atoms with Crippen molar-refractivity contribution in [1.82, 2.24) is 4.72 Å². The van der Waals surface area contributed by atoms with Gasteiger partial charge in [-0.25, -0.2) is 17.3 Å². The van der Waals surface area contributed by atoms with E-state index in [0.717, 1.165) is 12.1 Å². The summed E-state index contributed by atoms with van der Waals surface area (Å²) < 4.78 is 69.5. The van der Waals surface area contributed by atoms with E-state index in [-0.39, 0.29) is 5.56 Å². The number of hydrogen-bond donors (Lipinski definition) is 1. The van der Waals surface area contributed by atoms with Crippen LogP contribution in [-0.4, -0.2) is 22.6 Å². The quantitative estimate of drug-likeness (QED) is 0.800. The van der Waals surface area contributed by atoms with Gasteiger partial charge >= 0.3 is 5.25 Å². The zero-order valence-corrected chi connectivity index (χ0v) is 16.3. The lowest BCUT2D eigenvalue weighted by molar-refractivity contribution is 0.0559. The van der Waals surface area contributed by atoms with Gasteiger partial charge < -0.3 is 0 Å². The maximum Gasteiger partial charge on any atom is 0.369 e. The molecule has 2 rings (SSSR count). The minimum Gasteiger partial charge on any atom is -0.242 e. The first-order chi connectivity index (χ1) is 12.0. The fourth-order valence-corrected chi connectivity index (χ4v) is 4.43. The van der Waals surface area contributed by atoms with Crippen LogP contribution in [0.1, 0.15) is 32.4 Å². The molecule has 0 spiro atoms. The predicted octanol–water partition coefficient (Wildman–Crippen LogP) is 3.85. The number of rotatable bonds is 6. The van der Waals surface area contributed by atoms with Crippen LogP contribution in [0, 0.1) is 0 Å². The summed E-state index contributed by atoms with van der Waals surface area (Å²) in [6, 6.07) is 12.0. The Morgan fingerprint density at radius 1 is 0.923 bits per heavy atom. The molecule has 2 atom stereocenters. The Balaban J connectivity index is 2.55. The summed E-state index contributed by atoms with van der Waals surface area (Å²) in [5, 5.41) is -4.21. The number of sulfone groups is 1. The van der Waals surface area contributed by atoms with Gasteiger partial charge in [0.15, 0.2) is 0 Å². The molecule has 1 N–H and O–H groups in total. The van der Waals surface area contributed by atoms with Crippen molar-refractivity contribution in [3.8, 4) is 0 Å². The third-order valence-electron chi connectivity index (χ3n) is 3.66. The second-order valence-electron chi connectivity index (χ2n) is 6.72. The lowest BCUT2D eigenvalue weighted by atomic mass is 10.1. The molecule has 0 heterocycles. The second-order valence-corrected chi connectivity index (χ2v) is 10.7. The molecular weight excluding hydrogens is 380 g/mol. The van der Waals surface area contributed by atoms with Crippen LogP contribution in [-0.2, 0) is 20.8 Å². The average molecular weight is 402 g/mol. The summed E-state index contributed by atoms with van der Waals surface area (Å²) in [7, 11) is -6.91. The maximum atomic E-state index is 15.2. The van der Waals surface area contributed by atoms with E-state index in [2.05, 4.69) is 4.72 Å².